The van der Waals surface area contributed by atoms with Gasteiger partial charge in [-0.15, -0.1) is 0 Å². The van der Waals surface area contributed by atoms with Crippen LogP contribution in [0.1, 0.15) is 12.8 Å². The van der Waals surface area contributed by atoms with E-state index in [-0.39, 0.29) is 18.5 Å². The molecule has 14 heavy (non-hydrogen) atoms. The molecule has 0 aromatic carbocycles. The average Bonchev–Trinajstić information content (AvgIpc) is 2.02. The smallest absolute Gasteiger partial charge is 0.326 e. The van der Waals surface area contributed by atoms with Crippen LogP contribution in [0.2, 0.25) is 0 Å². The van der Waals surface area contributed by atoms with Crippen LogP contribution in [0, 0.1) is 0 Å². The minimum Gasteiger partial charge on any atom is -0.326 e. The van der Waals surface area contributed by atoms with E-state index in [1.54, 1.807) is 19.0 Å². The standard InChI is InChI=1S/C9H15F3N2/c1-14(2)8-5-6(9(10,11)12)3-4-7(8)13/h3,7-8H,4-5,13H2,1-2H3. The van der Waals surface area contributed by atoms with Gasteiger partial charge in [-0.05, 0) is 26.9 Å². The second kappa shape index (κ2) is 3.90. The summed E-state index contributed by atoms with van der Waals surface area (Å²) in [6, 6.07) is -0.410. The summed E-state index contributed by atoms with van der Waals surface area (Å²) in [4.78, 5) is 1.75. The summed E-state index contributed by atoms with van der Waals surface area (Å²) in [6.07, 6.45) is -2.69. The molecule has 0 aliphatic heterocycles. The number of hydrogen-bond donors (Lipinski definition) is 1. The highest BCUT2D eigenvalue weighted by Crippen LogP contribution is 2.33. The van der Waals surface area contributed by atoms with E-state index in [1.807, 2.05) is 0 Å². The Bertz CT molecular complexity index is 233. The van der Waals surface area contributed by atoms with E-state index in [4.69, 9.17) is 5.73 Å². The third-order valence-corrected chi connectivity index (χ3v) is 2.59. The topological polar surface area (TPSA) is 29.3 Å². The van der Waals surface area contributed by atoms with Gasteiger partial charge in [0.1, 0.15) is 0 Å². The van der Waals surface area contributed by atoms with Crippen molar-refractivity contribution in [3.8, 4) is 0 Å². The molecule has 0 aromatic rings. The highest BCUT2D eigenvalue weighted by molar-refractivity contribution is 5.16. The molecule has 0 amide bonds. The predicted molar refractivity (Wildman–Crippen MR) is 48.8 cm³/mol. The molecule has 1 aliphatic carbocycles. The minimum absolute atomic E-state index is 0.00231. The molecule has 0 saturated carbocycles. The summed E-state index contributed by atoms with van der Waals surface area (Å²) in [5, 5.41) is 0. The first-order valence-corrected chi connectivity index (χ1v) is 4.50. The van der Waals surface area contributed by atoms with Gasteiger partial charge in [0.2, 0.25) is 0 Å². The Morgan fingerprint density at radius 3 is 2.43 bits per heavy atom. The molecule has 2 atom stereocenters. The SMILES string of the molecule is CN(C)C1CC(C(F)(F)F)=CCC1N. The summed E-state index contributed by atoms with van der Waals surface area (Å²) in [7, 11) is 3.51. The van der Waals surface area contributed by atoms with Crippen molar-refractivity contribution in [2.24, 2.45) is 5.73 Å². The maximum Gasteiger partial charge on any atom is 0.412 e. The fourth-order valence-corrected chi connectivity index (χ4v) is 1.69. The van der Waals surface area contributed by atoms with E-state index < -0.39 is 11.7 Å². The van der Waals surface area contributed by atoms with Crippen LogP contribution < -0.4 is 5.73 Å². The largest absolute Gasteiger partial charge is 0.412 e. The van der Waals surface area contributed by atoms with Crippen molar-refractivity contribution in [2.75, 3.05) is 14.1 Å². The van der Waals surface area contributed by atoms with Gasteiger partial charge < -0.3 is 10.6 Å². The molecule has 2 unspecified atom stereocenters. The van der Waals surface area contributed by atoms with Gasteiger partial charge >= 0.3 is 6.18 Å². The number of nitrogens with two attached hydrogens (primary N) is 1. The van der Waals surface area contributed by atoms with Gasteiger partial charge in [0.05, 0.1) is 0 Å². The molecule has 0 bridgehead atoms. The van der Waals surface area contributed by atoms with Crippen molar-refractivity contribution in [1.82, 2.24) is 4.90 Å². The van der Waals surface area contributed by atoms with Crippen LogP contribution in [0.4, 0.5) is 13.2 Å². The highest BCUT2D eigenvalue weighted by atomic mass is 19.4. The first kappa shape index (κ1) is 11.5. The molecular formula is C9H15F3N2. The zero-order valence-electron chi connectivity index (χ0n) is 8.30. The van der Waals surface area contributed by atoms with E-state index in [0.717, 1.165) is 0 Å². The Kier molecular flexibility index (Phi) is 3.21. The zero-order chi connectivity index (χ0) is 10.9. The summed E-state index contributed by atoms with van der Waals surface area (Å²) in [5.41, 5.74) is 5.29. The molecule has 0 aromatic heterocycles. The van der Waals surface area contributed by atoms with Gasteiger partial charge in [0.25, 0.3) is 0 Å². The van der Waals surface area contributed by atoms with Crippen LogP contribution in [0.25, 0.3) is 0 Å². The van der Waals surface area contributed by atoms with Gasteiger partial charge in [0.15, 0.2) is 0 Å². The Labute approximate surface area is 81.6 Å². The van der Waals surface area contributed by atoms with Crippen molar-refractivity contribution < 1.29 is 13.2 Å². The Morgan fingerprint density at radius 1 is 1.43 bits per heavy atom. The maximum absolute atomic E-state index is 12.4. The van der Waals surface area contributed by atoms with Crippen molar-refractivity contribution in [1.29, 1.82) is 0 Å². The van der Waals surface area contributed by atoms with Crippen LogP contribution in [-0.2, 0) is 0 Å². The van der Waals surface area contributed by atoms with E-state index in [2.05, 4.69) is 0 Å². The first-order valence-electron chi connectivity index (χ1n) is 4.50. The van der Waals surface area contributed by atoms with Crippen LogP contribution in [0.3, 0.4) is 0 Å². The Hall–Kier alpha value is -0.550. The predicted octanol–water partition coefficient (Wildman–Crippen LogP) is 1.53. The van der Waals surface area contributed by atoms with Crippen molar-refractivity contribution in [2.45, 2.75) is 31.1 Å². The van der Waals surface area contributed by atoms with Crippen LogP contribution >= 0.6 is 0 Å². The molecule has 2 N–H and O–H groups in total. The molecule has 0 spiro atoms. The average molecular weight is 208 g/mol. The number of hydrogen-bond acceptors (Lipinski definition) is 2. The van der Waals surface area contributed by atoms with E-state index >= 15 is 0 Å². The fourth-order valence-electron chi connectivity index (χ4n) is 1.69. The Balaban J connectivity index is 2.76. The van der Waals surface area contributed by atoms with Crippen LogP contribution in [-0.4, -0.2) is 37.3 Å². The molecule has 0 fully saturated rings. The summed E-state index contributed by atoms with van der Waals surface area (Å²) in [5.74, 6) is 0. The molecule has 1 aliphatic rings. The van der Waals surface area contributed by atoms with E-state index in [0.29, 0.717) is 6.42 Å². The molecule has 1 rings (SSSR count). The van der Waals surface area contributed by atoms with Gasteiger partial charge in [-0.2, -0.15) is 13.2 Å². The molecular weight excluding hydrogens is 193 g/mol. The van der Waals surface area contributed by atoms with Gasteiger partial charge in [0, 0.05) is 17.7 Å². The lowest BCUT2D eigenvalue weighted by Gasteiger charge is -2.34. The number of likely N-dealkylation sites (N-methyl/N-ethyl adjacent to an activating group) is 1. The number of halogens is 3. The van der Waals surface area contributed by atoms with Crippen LogP contribution in [0.15, 0.2) is 11.6 Å². The number of nitrogens with zero attached hydrogens (tertiary/aromatic N) is 1. The second-order valence-corrected chi connectivity index (χ2v) is 3.86. The van der Waals surface area contributed by atoms with Gasteiger partial charge in [-0.1, -0.05) is 6.08 Å². The maximum atomic E-state index is 12.4. The first-order chi connectivity index (χ1) is 6.32. The minimum atomic E-state index is -4.20. The van der Waals surface area contributed by atoms with Crippen molar-refractivity contribution in [3.63, 3.8) is 0 Å². The van der Waals surface area contributed by atoms with Crippen molar-refractivity contribution in [3.05, 3.63) is 11.6 Å². The number of alkyl halides is 3. The zero-order valence-corrected chi connectivity index (χ0v) is 8.30. The molecule has 0 saturated heterocycles. The Morgan fingerprint density at radius 2 is 2.00 bits per heavy atom. The van der Waals surface area contributed by atoms with Crippen molar-refractivity contribution >= 4 is 0 Å². The van der Waals surface area contributed by atoms with E-state index in [1.165, 1.54) is 6.08 Å². The summed E-state index contributed by atoms with van der Waals surface area (Å²) in [6.45, 7) is 0. The lowest BCUT2D eigenvalue weighted by molar-refractivity contribution is -0.0971. The van der Waals surface area contributed by atoms with E-state index in [9.17, 15) is 13.2 Å². The normalized spacial score (nSPS) is 29.2. The fraction of sp³-hybridized carbons (Fsp3) is 0.778. The second-order valence-electron chi connectivity index (χ2n) is 3.86. The summed E-state index contributed by atoms with van der Waals surface area (Å²) >= 11 is 0. The van der Waals surface area contributed by atoms with Gasteiger partial charge in [-0.3, -0.25) is 0 Å². The quantitative estimate of drug-likeness (QED) is 0.662. The molecule has 2 nitrogen and oxygen atoms in total. The van der Waals surface area contributed by atoms with Gasteiger partial charge in [-0.25, -0.2) is 0 Å². The monoisotopic (exact) mass is 208 g/mol. The molecule has 0 radical (unpaired) electrons. The lowest BCUT2D eigenvalue weighted by atomic mass is 9.90. The number of rotatable bonds is 1. The molecule has 0 heterocycles. The third-order valence-electron chi connectivity index (χ3n) is 2.59. The molecule has 5 heteroatoms. The molecule has 82 valence electrons. The lowest BCUT2D eigenvalue weighted by Crippen LogP contribution is -2.47. The summed E-state index contributed by atoms with van der Waals surface area (Å²) < 4.78 is 37.1. The van der Waals surface area contributed by atoms with Crippen LogP contribution in [0.5, 0.6) is 0 Å². The third kappa shape index (κ3) is 2.48. The highest BCUT2D eigenvalue weighted by Gasteiger charge is 2.38.